The Bertz CT molecular complexity index is 733. The lowest BCUT2D eigenvalue weighted by Gasteiger charge is -2.25. The average Bonchev–Trinajstić information content (AvgIpc) is 3.04. The molecule has 0 radical (unpaired) electrons. The number of nitrogens with zero attached hydrogens (tertiary/aromatic N) is 3. The molecule has 104 valence electrons. The topological polar surface area (TPSA) is 55.0 Å². The fourth-order valence-electron chi connectivity index (χ4n) is 2.22. The van der Waals surface area contributed by atoms with E-state index < -0.39 is 0 Å². The maximum absolute atomic E-state index is 5.85. The van der Waals surface area contributed by atoms with E-state index in [-0.39, 0.29) is 6.04 Å². The third kappa shape index (κ3) is 2.25. The van der Waals surface area contributed by atoms with Gasteiger partial charge < -0.3 is 10.6 Å². The predicted molar refractivity (Wildman–Crippen MR) is 87.7 cm³/mol. The van der Waals surface area contributed by atoms with Crippen molar-refractivity contribution in [1.29, 1.82) is 0 Å². The Morgan fingerprint density at radius 1 is 1.35 bits per heavy atom. The third-order valence-corrected chi connectivity index (χ3v) is 5.37. The van der Waals surface area contributed by atoms with E-state index in [0.717, 1.165) is 16.0 Å². The largest absolute Gasteiger partial charge is 0.368 e. The molecule has 1 atom stereocenters. The zero-order valence-electron chi connectivity index (χ0n) is 11.6. The van der Waals surface area contributed by atoms with Crippen LogP contribution in [-0.2, 0) is 0 Å². The Morgan fingerprint density at radius 3 is 2.85 bits per heavy atom. The first-order valence-corrected chi connectivity index (χ1v) is 8.06. The molecular formula is C14H16N4S2. The van der Waals surface area contributed by atoms with Gasteiger partial charge in [-0.2, -0.15) is 4.98 Å². The minimum absolute atomic E-state index is 0.257. The Morgan fingerprint density at radius 2 is 2.15 bits per heavy atom. The molecular weight excluding hydrogens is 288 g/mol. The van der Waals surface area contributed by atoms with E-state index in [9.17, 15) is 0 Å². The molecule has 0 amide bonds. The summed E-state index contributed by atoms with van der Waals surface area (Å²) in [6.07, 6.45) is 0. The molecule has 20 heavy (non-hydrogen) atoms. The van der Waals surface area contributed by atoms with Gasteiger partial charge in [-0.05, 0) is 31.4 Å². The van der Waals surface area contributed by atoms with Crippen molar-refractivity contribution in [2.45, 2.75) is 19.9 Å². The van der Waals surface area contributed by atoms with Crippen molar-refractivity contribution in [2.24, 2.45) is 0 Å². The van der Waals surface area contributed by atoms with E-state index in [2.05, 4.69) is 59.3 Å². The van der Waals surface area contributed by atoms with E-state index >= 15 is 0 Å². The summed E-state index contributed by atoms with van der Waals surface area (Å²) in [5.41, 5.74) is 5.85. The molecule has 0 aliphatic rings. The van der Waals surface area contributed by atoms with Gasteiger partial charge in [-0.3, -0.25) is 0 Å². The minimum Gasteiger partial charge on any atom is -0.368 e. The van der Waals surface area contributed by atoms with E-state index in [1.807, 2.05) is 0 Å². The van der Waals surface area contributed by atoms with Crippen LogP contribution in [-0.4, -0.2) is 17.0 Å². The van der Waals surface area contributed by atoms with Gasteiger partial charge in [0.25, 0.3) is 0 Å². The highest BCUT2D eigenvalue weighted by Crippen LogP contribution is 2.34. The summed E-state index contributed by atoms with van der Waals surface area (Å²) in [6.45, 7) is 4.25. The zero-order valence-corrected chi connectivity index (χ0v) is 13.3. The van der Waals surface area contributed by atoms with Crippen molar-refractivity contribution >= 4 is 44.7 Å². The van der Waals surface area contributed by atoms with Crippen molar-refractivity contribution in [3.8, 4) is 0 Å². The second-order valence-electron chi connectivity index (χ2n) is 4.78. The van der Waals surface area contributed by atoms with Gasteiger partial charge in [-0.1, -0.05) is 6.07 Å². The van der Waals surface area contributed by atoms with Crippen LogP contribution in [0.2, 0.25) is 0 Å². The maximum atomic E-state index is 5.85. The lowest BCUT2D eigenvalue weighted by atomic mass is 10.2. The van der Waals surface area contributed by atoms with Gasteiger partial charge in [-0.25, -0.2) is 4.98 Å². The van der Waals surface area contributed by atoms with Crippen LogP contribution >= 0.6 is 22.7 Å². The van der Waals surface area contributed by atoms with Crippen LogP contribution in [0.25, 0.3) is 10.2 Å². The monoisotopic (exact) mass is 304 g/mol. The van der Waals surface area contributed by atoms with Gasteiger partial charge in [0.15, 0.2) is 0 Å². The first kappa shape index (κ1) is 13.3. The lowest BCUT2D eigenvalue weighted by molar-refractivity contribution is 0.745. The highest BCUT2D eigenvalue weighted by molar-refractivity contribution is 7.18. The molecule has 0 bridgehead atoms. The Labute approximate surface area is 125 Å². The molecule has 3 rings (SSSR count). The summed E-state index contributed by atoms with van der Waals surface area (Å²) in [7, 11) is 2.05. The lowest BCUT2D eigenvalue weighted by Crippen LogP contribution is -2.22. The molecule has 0 fully saturated rings. The summed E-state index contributed by atoms with van der Waals surface area (Å²) in [4.78, 5) is 14.4. The number of anilines is 2. The van der Waals surface area contributed by atoms with Crippen molar-refractivity contribution in [3.63, 3.8) is 0 Å². The Balaban J connectivity index is 2.09. The second kappa shape index (κ2) is 5.03. The van der Waals surface area contributed by atoms with Crippen LogP contribution in [0.1, 0.15) is 22.7 Å². The molecule has 3 heterocycles. The summed E-state index contributed by atoms with van der Waals surface area (Å²) >= 11 is 3.41. The highest BCUT2D eigenvalue weighted by Gasteiger charge is 2.19. The van der Waals surface area contributed by atoms with Gasteiger partial charge >= 0.3 is 0 Å². The SMILES string of the molecule is Cc1cc2c(N(C)C(C)c3cccs3)nc(N)nc2s1. The first-order valence-electron chi connectivity index (χ1n) is 6.36. The first-order chi connectivity index (χ1) is 9.56. The van der Waals surface area contributed by atoms with Gasteiger partial charge in [0.1, 0.15) is 10.6 Å². The Hall–Kier alpha value is -1.66. The highest BCUT2D eigenvalue weighted by atomic mass is 32.1. The van der Waals surface area contributed by atoms with Crippen LogP contribution in [0.3, 0.4) is 0 Å². The van der Waals surface area contributed by atoms with E-state index in [1.54, 1.807) is 22.7 Å². The third-order valence-electron chi connectivity index (χ3n) is 3.38. The van der Waals surface area contributed by atoms with Crippen LogP contribution in [0, 0.1) is 6.92 Å². The van der Waals surface area contributed by atoms with Gasteiger partial charge in [0, 0.05) is 16.8 Å². The average molecular weight is 304 g/mol. The van der Waals surface area contributed by atoms with Gasteiger partial charge in [-0.15, -0.1) is 22.7 Å². The molecule has 0 saturated carbocycles. The molecule has 6 heteroatoms. The Kier molecular flexibility index (Phi) is 3.35. The van der Waals surface area contributed by atoms with Gasteiger partial charge in [0.05, 0.1) is 11.4 Å². The number of fused-ring (bicyclic) bond motifs is 1. The molecule has 0 saturated heterocycles. The zero-order chi connectivity index (χ0) is 14.3. The fraction of sp³-hybridized carbons (Fsp3) is 0.286. The van der Waals surface area contributed by atoms with Crippen molar-refractivity contribution in [1.82, 2.24) is 9.97 Å². The van der Waals surface area contributed by atoms with Crippen LogP contribution in [0.4, 0.5) is 11.8 Å². The van der Waals surface area contributed by atoms with E-state index in [4.69, 9.17) is 5.73 Å². The standard InChI is InChI=1S/C14H16N4S2/c1-8-7-10-12(16-14(15)17-13(10)20-8)18(3)9(2)11-5-4-6-19-11/h4-7,9H,1-3H3,(H2,15,16,17). The predicted octanol–water partition coefficient (Wildman–Crippen LogP) is 3.84. The summed E-state index contributed by atoms with van der Waals surface area (Å²) in [6, 6.07) is 6.61. The summed E-state index contributed by atoms with van der Waals surface area (Å²) in [5, 5.41) is 3.17. The molecule has 3 aromatic rings. The van der Waals surface area contributed by atoms with Gasteiger partial charge in [0.2, 0.25) is 5.95 Å². The number of nitrogen functional groups attached to an aromatic ring is 1. The molecule has 0 spiro atoms. The van der Waals surface area contributed by atoms with Crippen LogP contribution in [0.5, 0.6) is 0 Å². The van der Waals surface area contributed by atoms with Crippen molar-refractivity contribution in [3.05, 3.63) is 33.3 Å². The van der Waals surface area contributed by atoms with E-state index in [1.165, 1.54) is 9.75 Å². The summed E-state index contributed by atoms with van der Waals surface area (Å²) in [5.74, 6) is 1.23. The minimum atomic E-state index is 0.257. The van der Waals surface area contributed by atoms with Crippen LogP contribution in [0.15, 0.2) is 23.6 Å². The molecule has 1 unspecified atom stereocenters. The second-order valence-corrected chi connectivity index (χ2v) is 7.00. The van der Waals surface area contributed by atoms with Crippen LogP contribution < -0.4 is 10.6 Å². The quantitative estimate of drug-likeness (QED) is 0.798. The number of aryl methyl sites for hydroxylation is 1. The number of aromatic nitrogens is 2. The number of thiophene rings is 2. The van der Waals surface area contributed by atoms with E-state index in [0.29, 0.717) is 5.95 Å². The normalized spacial score (nSPS) is 12.8. The molecule has 2 N–H and O–H groups in total. The summed E-state index contributed by atoms with van der Waals surface area (Å²) < 4.78 is 0. The van der Waals surface area contributed by atoms with Crippen molar-refractivity contribution in [2.75, 3.05) is 17.7 Å². The molecule has 4 nitrogen and oxygen atoms in total. The molecule has 3 aromatic heterocycles. The number of hydrogen-bond donors (Lipinski definition) is 1. The molecule has 0 aliphatic carbocycles. The fourth-order valence-corrected chi connectivity index (χ4v) is 3.92. The number of hydrogen-bond acceptors (Lipinski definition) is 6. The maximum Gasteiger partial charge on any atom is 0.223 e. The van der Waals surface area contributed by atoms with Crippen molar-refractivity contribution < 1.29 is 0 Å². The smallest absolute Gasteiger partial charge is 0.223 e. The molecule has 0 aliphatic heterocycles. The number of nitrogens with two attached hydrogens (primary N) is 1. The number of rotatable bonds is 3. The molecule has 0 aromatic carbocycles.